The van der Waals surface area contributed by atoms with E-state index in [1.807, 2.05) is 22.9 Å². The summed E-state index contributed by atoms with van der Waals surface area (Å²) in [5, 5.41) is 15.3. The number of carbonyl (C=O) groups excluding carboxylic acids is 1. The average molecular weight is 703 g/mol. The van der Waals surface area contributed by atoms with Gasteiger partial charge in [-0.25, -0.2) is 9.37 Å². The molecule has 1 amide bonds. The smallest absolute Gasteiger partial charge is 0.275 e. The van der Waals surface area contributed by atoms with Gasteiger partial charge in [-0.2, -0.15) is 10.4 Å². The third-order valence-corrected chi connectivity index (χ3v) is 12.2. The Hall–Kier alpha value is -3.92. The van der Waals surface area contributed by atoms with Crippen LogP contribution in [0.1, 0.15) is 95.5 Å². The van der Waals surface area contributed by atoms with Gasteiger partial charge in [-0.05, 0) is 56.2 Å². The Morgan fingerprint density at radius 1 is 1.26 bits per heavy atom. The lowest BCUT2D eigenvalue weighted by atomic mass is 9.69. The molecule has 1 aliphatic carbocycles. The van der Waals surface area contributed by atoms with Crippen molar-refractivity contribution in [3.63, 3.8) is 0 Å². The number of rotatable bonds is 5. The molecule has 0 unspecified atom stereocenters. The lowest BCUT2D eigenvalue weighted by Gasteiger charge is -2.45. The van der Waals surface area contributed by atoms with Gasteiger partial charge in [0.25, 0.3) is 5.91 Å². The van der Waals surface area contributed by atoms with Gasteiger partial charge in [0.1, 0.15) is 24.4 Å². The van der Waals surface area contributed by atoms with Crippen LogP contribution in [0.4, 0.5) is 15.8 Å². The van der Waals surface area contributed by atoms with E-state index in [0.717, 1.165) is 72.4 Å². The molecule has 0 saturated carbocycles. The summed E-state index contributed by atoms with van der Waals surface area (Å²) in [7, 11) is 3.38. The van der Waals surface area contributed by atoms with Crippen molar-refractivity contribution in [2.45, 2.75) is 94.8 Å². The molecule has 0 bridgehead atoms. The number of amides is 1. The molecule has 1 aromatic carbocycles. The zero-order valence-electron chi connectivity index (χ0n) is 29.0. The molecule has 50 heavy (non-hydrogen) atoms. The summed E-state index contributed by atoms with van der Waals surface area (Å²) in [4.78, 5) is 24.1. The molecule has 11 nitrogen and oxygen atoms in total. The van der Waals surface area contributed by atoms with E-state index in [1.54, 1.807) is 14.1 Å². The summed E-state index contributed by atoms with van der Waals surface area (Å²) in [6.45, 7) is 5.96. The number of nitrogen functional groups attached to an aromatic ring is 1. The van der Waals surface area contributed by atoms with Gasteiger partial charge in [0.15, 0.2) is 5.69 Å². The van der Waals surface area contributed by atoms with Crippen LogP contribution in [0, 0.1) is 11.3 Å². The first-order valence-corrected chi connectivity index (χ1v) is 18.1. The third-order valence-electron chi connectivity index (χ3n) is 11.8. The zero-order chi connectivity index (χ0) is 34.9. The fraction of sp³-hybridized carbons (Fsp3) is 0.568. The van der Waals surface area contributed by atoms with E-state index >= 15 is 0 Å². The standard InChI is InChI=1S/C37H44ClFN8O3/c1-22-8-10-37(32-24(22)6-7-27(41)25(32)17-40)16-28-26(20-50-37)29(14-31(42-28)49-21-36-9-4-12-46(36)18-23(39)15-36)45-11-5-13-47-30(19-45)33(38)34(43-47)35(48)44(2)3/h6-7,14,22-23H,4-5,8-13,15-16,18-21,41H2,1-3H3/t22-,23+,36-,37-/m0/s1. The molecule has 0 radical (unpaired) electrons. The zero-order valence-corrected chi connectivity index (χ0v) is 29.7. The van der Waals surface area contributed by atoms with Crippen LogP contribution < -0.4 is 15.4 Å². The molecule has 264 valence electrons. The summed E-state index contributed by atoms with van der Waals surface area (Å²) < 4.78 is 30.0. The first-order valence-electron chi connectivity index (χ1n) is 17.8. The van der Waals surface area contributed by atoms with E-state index in [1.165, 1.54) is 4.90 Å². The minimum Gasteiger partial charge on any atom is -0.476 e. The number of hydrogen-bond donors (Lipinski definition) is 1. The highest BCUT2D eigenvalue weighted by Gasteiger charge is 2.50. The van der Waals surface area contributed by atoms with Crippen molar-refractivity contribution in [3.8, 4) is 11.9 Å². The van der Waals surface area contributed by atoms with Gasteiger partial charge in [0.2, 0.25) is 5.88 Å². The first kappa shape index (κ1) is 33.2. The molecule has 6 heterocycles. The lowest BCUT2D eigenvalue weighted by Crippen LogP contribution is -2.44. The van der Waals surface area contributed by atoms with Gasteiger partial charge in [-0.15, -0.1) is 0 Å². The summed E-state index contributed by atoms with van der Waals surface area (Å²) in [5.74, 6) is 0.519. The van der Waals surface area contributed by atoms with Crippen molar-refractivity contribution in [2.75, 3.05) is 51.0 Å². The molecule has 3 aromatic rings. The molecule has 2 N–H and O–H groups in total. The molecule has 8 rings (SSSR count). The number of aryl methyl sites for hydroxylation is 1. The van der Waals surface area contributed by atoms with E-state index in [4.69, 9.17) is 31.8 Å². The second-order valence-electron chi connectivity index (χ2n) is 15.1. The van der Waals surface area contributed by atoms with E-state index in [-0.39, 0.29) is 23.1 Å². The fourth-order valence-corrected chi connectivity index (χ4v) is 9.45. The number of pyridine rings is 1. The maximum absolute atomic E-state index is 14.7. The van der Waals surface area contributed by atoms with Crippen molar-refractivity contribution in [1.29, 1.82) is 5.26 Å². The van der Waals surface area contributed by atoms with Gasteiger partial charge >= 0.3 is 0 Å². The number of hydrogen-bond acceptors (Lipinski definition) is 9. The summed E-state index contributed by atoms with van der Waals surface area (Å²) in [6.07, 6.45) is 4.43. The number of fused-ring (bicyclic) bond motifs is 5. The Kier molecular flexibility index (Phi) is 8.24. The fourth-order valence-electron chi connectivity index (χ4n) is 9.18. The van der Waals surface area contributed by atoms with Crippen molar-refractivity contribution in [2.24, 2.45) is 0 Å². The van der Waals surface area contributed by atoms with Crippen LogP contribution in [-0.4, -0.2) is 82.5 Å². The van der Waals surface area contributed by atoms with Crippen molar-refractivity contribution in [3.05, 3.63) is 62.6 Å². The van der Waals surface area contributed by atoms with Crippen LogP contribution in [0.5, 0.6) is 5.88 Å². The molecule has 4 aliphatic heterocycles. The number of anilines is 2. The highest BCUT2D eigenvalue weighted by Crippen LogP contribution is 2.51. The summed E-state index contributed by atoms with van der Waals surface area (Å²) in [5.41, 5.74) is 12.0. The van der Waals surface area contributed by atoms with Crippen LogP contribution in [0.25, 0.3) is 0 Å². The van der Waals surface area contributed by atoms with Gasteiger partial charge in [0.05, 0.1) is 40.7 Å². The normalized spacial score (nSPS) is 27.2. The second kappa shape index (κ2) is 12.4. The Balaban J connectivity index is 1.20. The van der Waals surface area contributed by atoms with Crippen LogP contribution in [0.2, 0.25) is 5.02 Å². The van der Waals surface area contributed by atoms with Gasteiger partial charge in [-0.1, -0.05) is 24.6 Å². The lowest BCUT2D eigenvalue weighted by molar-refractivity contribution is -0.0871. The first-order chi connectivity index (χ1) is 24.0. The summed E-state index contributed by atoms with van der Waals surface area (Å²) in [6, 6.07) is 8.24. The Bertz CT molecular complexity index is 1910. The molecular formula is C37H44ClFN8O3. The predicted octanol–water partition coefficient (Wildman–Crippen LogP) is 5.32. The predicted molar refractivity (Wildman–Crippen MR) is 187 cm³/mol. The maximum Gasteiger partial charge on any atom is 0.275 e. The molecule has 2 fully saturated rings. The van der Waals surface area contributed by atoms with Crippen LogP contribution >= 0.6 is 11.6 Å². The topological polar surface area (TPSA) is 126 Å². The molecular weight excluding hydrogens is 659 g/mol. The average Bonchev–Trinajstić information content (AvgIpc) is 3.67. The molecule has 4 atom stereocenters. The third kappa shape index (κ3) is 5.31. The molecule has 1 spiro atoms. The van der Waals surface area contributed by atoms with Crippen LogP contribution in [0.3, 0.4) is 0 Å². The number of nitrogens with zero attached hydrogens (tertiary/aromatic N) is 7. The van der Waals surface area contributed by atoms with Gasteiger partial charge < -0.3 is 25.0 Å². The highest BCUT2D eigenvalue weighted by molar-refractivity contribution is 6.34. The number of aromatic nitrogens is 3. The van der Waals surface area contributed by atoms with Crippen LogP contribution in [-0.2, 0) is 36.5 Å². The number of nitrogens with two attached hydrogens (primary N) is 1. The SMILES string of the molecule is C[C@H]1CC[C@]2(Cc3nc(OC[C@@]45CCCN4C[C@H](F)C5)cc(N4CCCn5nc(C(=O)N(C)C)c(Cl)c5C4)c3CO2)c2c1ccc(N)c2C#N. The number of halogens is 2. The molecule has 2 aromatic heterocycles. The van der Waals surface area contributed by atoms with Crippen molar-refractivity contribution >= 4 is 28.9 Å². The molecule has 2 saturated heterocycles. The van der Waals surface area contributed by atoms with Crippen molar-refractivity contribution < 1.29 is 18.7 Å². The molecule has 5 aliphatic rings. The molecule has 13 heteroatoms. The maximum atomic E-state index is 14.7. The van der Waals surface area contributed by atoms with E-state index in [9.17, 15) is 14.4 Å². The van der Waals surface area contributed by atoms with Gasteiger partial charge in [0, 0.05) is 75.1 Å². The van der Waals surface area contributed by atoms with E-state index in [0.29, 0.717) is 74.4 Å². The quantitative estimate of drug-likeness (QED) is 0.352. The Labute approximate surface area is 297 Å². The number of carbonyl (C=O) groups is 1. The monoisotopic (exact) mass is 702 g/mol. The Morgan fingerprint density at radius 2 is 2.10 bits per heavy atom. The second-order valence-corrected chi connectivity index (χ2v) is 15.5. The van der Waals surface area contributed by atoms with Crippen molar-refractivity contribution in [1.82, 2.24) is 24.6 Å². The highest BCUT2D eigenvalue weighted by atomic mass is 35.5. The summed E-state index contributed by atoms with van der Waals surface area (Å²) >= 11 is 6.87. The van der Waals surface area contributed by atoms with Gasteiger partial charge in [-0.3, -0.25) is 14.4 Å². The van der Waals surface area contributed by atoms with Crippen LogP contribution in [0.15, 0.2) is 18.2 Å². The van der Waals surface area contributed by atoms with E-state index in [2.05, 4.69) is 27.9 Å². The Morgan fingerprint density at radius 3 is 2.90 bits per heavy atom. The number of nitriles is 1. The van der Waals surface area contributed by atoms with E-state index < -0.39 is 11.8 Å². The largest absolute Gasteiger partial charge is 0.476 e. The minimum absolute atomic E-state index is 0.236. The number of alkyl halides is 1. The number of benzene rings is 1. The minimum atomic E-state index is -0.852. The number of ether oxygens (including phenoxy) is 2.